The fraction of sp³-hybridized carbons (Fsp3) is 0.875. The molecule has 0 aromatic rings. The van der Waals surface area contributed by atoms with Crippen molar-refractivity contribution in [1.29, 1.82) is 0 Å². The van der Waals surface area contributed by atoms with Gasteiger partial charge in [0.25, 0.3) is 0 Å². The van der Waals surface area contributed by atoms with Crippen LogP contribution in [0, 0.1) is 0 Å². The molecule has 2 nitrogen and oxygen atoms in total. The highest BCUT2D eigenvalue weighted by molar-refractivity contribution is 7.99. The molecule has 2 N–H and O–H groups in total. The first kappa shape index (κ1) is 10.1. The minimum atomic E-state index is 0.593. The van der Waals surface area contributed by atoms with Gasteiger partial charge in [-0.3, -0.25) is 0 Å². The van der Waals surface area contributed by atoms with Crippen LogP contribution in [0.15, 0.2) is 0 Å². The van der Waals surface area contributed by atoms with Crippen molar-refractivity contribution in [3.05, 3.63) is 0 Å². The molecule has 0 radical (unpaired) electrons. The van der Waals surface area contributed by atoms with E-state index in [9.17, 15) is 0 Å². The van der Waals surface area contributed by atoms with E-state index in [0.717, 1.165) is 11.7 Å². The zero-order valence-electron chi connectivity index (χ0n) is 7.43. The van der Waals surface area contributed by atoms with E-state index >= 15 is 0 Å². The van der Waals surface area contributed by atoms with Crippen LogP contribution in [0.3, 0.4) is 0 Å². The zero-order valence-corrected chi connectivity index (χ0v) is 9.06. The summed E-state index contributed by atoms with van der Waals surface area (Å²) < 4.78 is 0. The summed E-state index contributed by atoms with van der Waals surface area (Å²) in [7, 11) is 0. The Kier molecular flexibility index (Phi) is 4.76. The van der Waals surface area contributed by atoms with E-state index in [4.69, 9.17) is 12.2 Å². The lowest BCUT2D eigenvalue weighted by molar-refractivity contribution is 0.589. The SMILES string of the molecule is CCNC(=S)NC1CCCSC1. The van der Waals surface area contributed by atoms with E-state index in [1.165, 1.54) is 24.3 Å². The molecule has 0 aromatic carbocycles. The van der Waals surface area contributed by atoms with Gasteiger partial charge in [-0.1, -0.05) is 0 Å². The number of hydrogen-bond acceptors (Lipinski definition) is 2. The largest absolute Gasteiger partial charge is 0.363 e. The fourth-order valence-corrected chi connectivity index (χ4v) is 2.63. The van der Waals surface area contributed by atoms with E-state index in [2.05, 4.69) is 17.6 Å². The van der Waals surface area contributed by atoms with Gasteiger partial charge in [0.15, 0.2) is 5.11 Å². The lowest BCUT2D eigenvalue weighted by Crippen LogP contribution is -2.44. The first-order chi connectivity index (χ1) is 5.83. The first-order valence-electron chi connectivity index (χ1n) is 4.45. The van der Waals surface area contributed by atoms with Gasteiger partial charge in [-0.25, -0.2) is 0 Å². The second kappa shape index (κ2) is 5.65. The van der Waals surface area contributed by atoms with Gasteiger partial charge in [-0.05, 0) is 37.7 Å². The average molecular weight is 204 g/mol. The van der Waals surface area contributed by atoms with Crippen LogP contribution in [0.1, 0.15) is 19.8 Å². The summed E-state index contributed by atoms with van der Waals surface area (Å²) in [6.07, 6.45) is 2.58. The van der Waals surface area contributed by atoms with Gasteiger partial charge in [0, 0.05) is 18.3 Å². The van der Waals surface area contributed by atoms with Gasteiger partial charge < -0.3 is 10.6 Å². The standard InChI is InChI=1S/C8H16N2S2/c1-2-9-8(11)10-7-4-3-5-12-6-7/h7H,2-6H2,1H3,(H2,9,10,11). The summed E-state index contributed by atoms with van der Waals surface area (Å²) in [5.41, 5.74) is 0. The summed E-state index contributed by atoms with van der Waals surface area (Å²) in [6, 6.07) is 0.593. The quantitative estimate of drug-likeness (QED) is 0.663. The summed E-state index contributed by atoms with van der Waals surface area (Å²) >= 11 is 7.12. The van der Waals surface area contributed by atoms with Crippen molar-refractivity contribution in [3.63, 3.8) is 0 Å². The minimum Gasteiger partial charge on any atom is -0.363 e. The molecule has 1 atom stereocenters. The fourth-order valence-electron chi connectivity index (χ4n) is 1.25. The van der Waals surface area contributed by atoms with Gasteiger partial charge in [0.05, 0.1) is 0 Å². The third-order valence-electron chi connectivity index (χ3n) is 1.83. The molecule has 1 aliphatic rings. The molecule has 1 heterocycles. The predicted octanol–water partition coefficient (Wildman–Crippen LogP) is 1.37. The number of hydrogen-bond donors (Lipinski definition) is 2. The normalized spacial score (nSPS) is 23.2. The summed E-state index contributed by atoms with van der Waals surface area (Å²) in [6.45, 7) is 2.97. The van der Waals surface area contributed by atoms with E-state index in [0.29, 0.717) is 6.04 Å². The van der Waals surface area contributed by atoms with E-state index in [-0.39, 0.29) is 0 Å². The zero-order chi connectivity index (χ0) is 8.81. The molecule has 0 aromatic heterocycles. The Morgan fingerprint density at radius 1 is 1.67 bits per heavy atom. The molecule has 1 rings (SSSR count). The van der Waals surface area contributed by atoms with Crippen LogP contribution in [0.2, 0.25) is 0 Å². The van der Waals surface area contributed by atoms with E-state index in [1.807, 2.05) is 11.8 Å². The van der Waals surface area contributed by atoms with Crippen LogP contribution in [0.4, 0.5) is 0 Å². The number of nitrogens with one attached hydrogen (secondary N) is 2. The molecule has 0 amide bonds. The van der Waals surface area contributed by atoms with Crippen molar-refractivity contribution in [2.75, 3.05) is 18.1 Å². The van der Waals surface area contributed by atoms with Crippen LogP contribution in [-0.4, -0.2) is 29.2 Å². The molecular weight excluding hydrogens is 188 g/mol. The maximum atomic E-state index is 5.10. The van der Waals surface area contributed by atoms with Crippen molar-refractivity contribution < 1.29 is 0 Å². The molecule has 1 saturated heterocycles. The van der Waals surface area contributed by atoms with Gasteiger partial charge >= 0.3 is 0 Å². The smallest absolute Gasteiger partial charge is 0.166 e. The molecule has 0 aliphatic carbocycles. The maximum absolute atomic E-state index is 5.10. The Morgan fingerprint density at radius 3 is 3.08 bits per heavy atom. The van der Waals surface area contributed by atoms with E-state index in [1.54, 1.807) is 0 Å². The third kappa shape index (κ3) is 3.63. The van der Waals surface area contributed by atoms with Crippen molar-refractivity contribution in [3.8, 4) is 0 Å². The Bertz CT molecular complexity index is 144. The number of rotatable bonds is 2. The molecule has 1 fully saturated rings. The summed E-state index contributed by atoms with van der Waals surface area (Å²) in [4.78, 5) is 0. The molecule has 0 bridgehead atoms. The van der Waals surface area contributed by atoms with Crippen LogP contribution in [-0.2, 0) is 0 Å². The second-order valence-electron chi connectivity index (χ2n) is 2.92. The van der Waals surface area contributed by atoms with Gasteiger partial charge in [-0.15, -0.1) is 0 Å². The molecule has 12 heavy (non-hydrogen) atoms. The highest BCUT2D eigenvalue weighted by Crippen LogP contribution is 2.16. The van der Waals surface area contributed by atoms with Crippen LogP contribution in [0.5, 0.6) is 0 Å². The number of thiocarbonyl (C=S) groups is 1. The van der Waals surface area contributed by atoms with Gasteiger partial charge in [0.2, 0.25) is 0 Å². The van der Waals surface area contributed by atoms with Crippen LogP contribution >= 0.6 is 24.0 Å². The maximum Gasteiger partial charge on any atom is 0.166 e. The molecule has 0 spiro atoms. The Balaban J connectivity index is 2.15. The van der Waals surface area contributed by atoms with Crippen molar-refractivity contribution in [2.45, 2.75) is 25.8 Å². The lowest BCUT2D eigenvalue weighted by atomic mass is 10.2. The van der Waals surface area contributed by atoms with Crippen LogP contribution in [0.25, 0.3) is 0 Å². The van der Waals surface area contributed by atoms with Gasteiger partial charge in [0.1, 0.15) is 0 Å². The summed E-state index contributed by atoms with van der Waals surface area (Å²) in [5.74, 6) is 2.51. The molecule has 70 valence electrons. The average Bonchev–Trinajstić information content (AvgIpc) is 2.06. The first-order valence-corrected chi connectivity index (χ1v) is 6.01. The van der Waals surface area contributed by atoms with Crippen molar-refractivity contribution in [2.24, 2.45) is 0 Å². The third-order valence-corrected chi connectivity index (χ3v) is 3.31. The Labute approximate surface area is 83.9 Å². The lowest BCUT2D eigenvalue weighted by Gasteiger charge is -2.23. The highest BCUT2D eigenvalue weighted by atomic mass is 32.2. The Morgan fingerprint density at radius 2 is 2.50 bits per heavy atom. The van der Waals surface area contributed by atoms with Crippen molar-refractivity contribution >= 4 is 29.1 Å². The second-order valence-corrected chi connectivity index (χ2v) is 4.48. The molecular formula is C8H16N2S2. The molecule has 4 heteroatoms. The predicted molar refractivity (Wildman–Crippen MR) is 59.8 cm³/mol. The van der Waals surface area contributed by atoms with Crippen LogP contribution < -0.4 is 10.6 Å². The minimum absolute atomic E-state index is 0.593. The summed E-state index contributed by atoms with van der Waals surface area (Å²) in [5, 5.41) is 7.23. The molecule has 1 unspecified atom stereocenters. The van der Waals surface area contributed by atoms with E-state index < -0.39 is 0 Å². The monoisotopic (exact) mass is 204 g/mol. The highest BCUT2D eigenvalue weighted by Gasteiger charge is 2.13. The number of thioether (sulfide) groups is 1. The van der Waals surface area contributed by atoms with Gasteiger partial charge in [-0.2, -0.15) is 11.8 Å². The topological polar surface area (TPSA) is 24.1 Å². The molecule has 1 aliphatic heterocycles. The molecule has 0 saturated carbocycles. The van der Waals surface area contributed by atoms with Crippen molar-refractivity contribution in [1.82, 2.24) is 10.6 Å². The Hall–Kier alpha value is 0.0400.